The van der Waals surface area contributed by atoms with Crippen molar-refractivity contribution in [3.63, 3.8) is 0 Å². The van der Waals surface area contributed by atoms with Gasteiger partial charge >= 0.3 is 0 Å². The highest BCUT2D eigenvalue weighted by atomic mass is 32.1. The topological polar surface area (TPSA) is 63.6 Å². The summed E-state index contributed by atoms with van der Waals surface area (Å²) >= 11 is 5.09. The second-order valence-corrected chi connectivity index (χ2v) is 10.7. The molecule has 0 aromatic heterocycles. The molecule has 4 aliphatic rings. The molecule has 5 heteroatoms. The summed E-state index contributed by atoms with van der Waals surface area (Å²) in [6, 6.07) is 0. The maximum Gasteiger partial charge on any atom is 0.202 e. The first-order chi connectivity index (χ1) is 13.7. The molecular formula is C24H34O4S. The lowest BCUT2D eigenvalue weighted by molar-refractivity contribution is -0.164. The molecule has 4 aliphatic carbocycles. The van der Waals surface area contributed by atoms with Gasteiger partial charge in [-0.15, -0.1) is 0 Å². The molecule has 4 rings (SSSR count). The van der Waals surface area contributed by atoms with E-state index in [9.17, 15) is 14.7 Å². The van der Waals surface area contributed by atoms with Crippen molar-refractivity contribution < 1.29 is 19.4 Å². The maximum atomic E-state index is 13.1. The summed E-state index contributed by atoms with van der Waals surface area (Å²) < 4.78 is 5.44. The summed E-state index contributed by atoms with van der Waals surface area (Å²) in [5.74, 6) is 1.49. The van der Waals surface area contributed by atoms with Crippen LogP contribution in [0.5, 0.6) is 0 Å². The third kappa shape index (κ3) is 3.06. The van der Waals surface area contributed by atoms with Gasteiger partial charge in [-0.2, -0.15) is 0 Å². The number of ether oxygens (including phenoxy) is 1. The first-order valence-corrected chi connectivity index (χ1v) is 11.7. The van der Waals surface area contributed by atoms with E-state index in [1.165, 1.54) is 5.57 Å². The van der Waals surface area contributed by atoms with Crippen molar-refractivity contribution >= 4 is 28.8 Å². The van der Waals surface area contributed by atoms with Crippen molar-refractivity contribution in [3.05, 3.63) is 11.6 Å². The van der Waals surface area contributed by atoms with E-state index in [2.05, 4.69) is 13.8 Å². The number of hydrogen-bond donors (Lipinski definition) is 1. The van der Waals surface area contributed by atoms with Crippen LogP contribution in [0.25, 0.3) is 0 Å². The minimum atomic E-state index is -1.31. The van der Waals surface area contributed by atoms with Crippen molar-refractivity contribution in [3.8, 4) is 0 Å². The largest absolute Gasteiger partial charge is 0.479 e. The van der Waals surface area contributed by atoms with Crippen LogP contribution in [0.4, 0.5) is 0 Å². The standard InChI is InChI=1S/C24H34O4S/c1-4-21(29)28-14-20(26)24(27)12-9-19-17-6-5-15-13-16(25)7-10-22(15,2)18(17)8-11-23(19,24)3/h13,17-19,27H,4-12,14H2,1-3H3/t17-,18+,19+,22+,23+,24+/m1/s1. The van der Waals surface area contributed by atoms with Gasteiger partial charge in [-0.25, -0.2) is 0 Å². The third-order valence-electron chi connectivity index (χ3n) is 9.23. The maximum absolute atomic E-state index is 13.1. The molecule has 0 aliphatic heterocycles. The van der Waals surface area contributed by atoms with Crippen LogP contribution in [0.1, 0.15) is 78.6 Å². The van der Waals surface area contributed by atoms with Crippen LogP contribution in [0.2, 0.25) is 0 Å². The SMILES string of the molecule is CCC(=S)OCC(=O)[C@@]1(O)CC[C@H]2[C@@H]3CCC4=CC(=O)CC[C@]4(C)[C@H]3CC[C@@]21C. The molecule has 0 saturated heterocycles. The quantitative estimate of drug-likeness (QED) is 0.678. The molecule has 0 unspecified atom stereocenters. The average Bonchev–Trinajstić information content (AvgIpc) is 2.98. The fraction of sp³-hybridized carbons (Fsp3) is 0.792. The zero-order valence-corrected chi connectivity index (χ0v) is 18.8. The summed E-state index contributed by atoms with van der Waals surface area (Å²) in [4.78, 5) is 25.0. The summed E-state index contributed by atoms with van der Waals surface area (Å²) in [5.41, 5.74) is -0.251. The highest BCUT2D eigenvalue weighted by Crippen LogP contribution is 2.67. The van der Waals surface area contributed by atoms with Crippen molar-refractivity contribution in [2.75, 3.05) is 6.61 Å². The van der Waals surface area contributed by atoms with Crippen LogP contribution in [-0.2, 0) is 14.3 Å². The molecule has 3 fully saturated rings. The first kappa shape index (κ1) is 21.2. The van der Waals surface area contributed by atoms with E-state index >= 15 is 0 Å². The van der Waals surface area contributed by atoms with Gasteiger partial charge in [0.05, 0.1) is 0 Å². The molecule has 0 spiro atoms. The smallest absolute Gasteiger partial charge is 0.202 e. The van der Waals surface area contributed by atoms with E-state index < -0.39 is 11.0 Å². The summed E-state index contributed by atoms with van der Waals surface area (Å²) in [5, 5.41) is 12.0. The normalized spacial score (nSPS) is 43.7. The predicted octanol–water partition coefficient (Wildman–Crippen LogP) is 4.57. The number of Topliss-reactive ketones (excluding diaryl/α,β-unsaturated/α-hetero) is 1. The molecule has 0 aromatic rings. The molecule has 0 heterocycles. The predicted molar refractivity (Wildman–Crippen MR) is 116 cm³/mol. The molecule has 6 atom stereocenters. The molecule has 29 heavy (non-hydrogen) atoms. The van der Waals surface area contributed by atoms with Gasteiger partial charge in [-0.3, -0.25) is 9.59 Å². The average molecular weight is 419 g/mol. The zero-order chi connectivity index (χ0) is 21.0. The van der Waals surface area contributed by atoms with Gasteiger partial charge in [0, 0.05) is 18.3 Å². The highest BCUT2D eigenvalue weighted by Gasteiger charge is 2.66. The lowest BCUT2D eigenvalue weighted by Gasteiger charge is -2.58. The van der Waals surface area contributed by atoms with Gasteiger partial charge in [-0.1, -0.05) is 26.3 Å². The van der Waals surface area contributed by atoms with Crippen molar-refractivity contribution in [2.45, 2.75) is 84.2 Å². The molecule has 0 aromatic carbocycles. The Bertz CT molecular complexity index is 773. The Kier molecular flexibility index (Phi) is 5.30. The Balaban J connectivity index is 1.57. The van der Waals surface area contributed by atoms with Crippen LogP contribution in [0.15, 0.2) is 11.6 Å². The molecule has 0 radical (unpaired) electrons. The number of allylic oxidation sites excluding steroid dienone is 1. The van der Waals surface area contributed by atoms with Gasteiger partial charge in [0.1, 0.15) is 5.60 Å². The number of ketones is 2. The van der Waals surface area contributed by atoms with E-state index in [1.54, 1.807) is 0 Å². The summed E-state index contributed by atoms with van der Waals surface area (Å²) in [6.07, 6.45) is 9.48. The molecular weight excluding hydrogens is 384 g/mol. The molecule has 0 amide bonds. The van der Waals surface area contributed by atoms with Gasteiger partial charge < -0.3 is 9.84 Å². The lowest BCUT2D eigenvalue weighted by Crippen LogP contribution is -2.58. The second-order valence-electron chi connectivity index (χ2n) is 10.3. The monoisotopic (exact) mass is 418 g/mol. The molecule has 1 N–H and O–H groups in total. The fourth-order valence-electron chi connectivity index (χ4n) is 7.40. The minimum Gasteiger partial charge on any atom is -0.479 e. The van der Waals surface area contributed by atoms with Crippen LogP contribution >= 0.6 is 12.2 Å². The van der Waals surface area contributed by atoms with Crippen LogP contribution in [0.3, 0.4) is 0 Å². The number of carbonyl (C=O) groups is 2. The number of fused-ring (bicyclic) bond motifs is 5. The van der Waals surface area contributed by atoms with Crippen LogP contribution in [0, 0.1) is 28.6 Å². The fourth-order valence-corrected chi connectivity index (χ4v) is 7.46. The second kappa shape index (κ2) is 7.26. The number of carbonyl (C=O) groups excluding carboxylic acids is 2. The van der Waals surface area contributed by atoms with Crippen LogP contribution < -0.4 is 0 Å². The molecule has 160 valence electrons. The van der Waals surface area contributed by atoms with E-state index in [0.29, 0.717) is 42.1 Å². The number of thiocarbonyl (C=S) groups is 1. The molecule has 0 bridgehead atoms. The van der Waals surface area contributed by atoms with Gasteiger partial charge in [-0.05, 0) is 86.4 Å². The number of rotatable bonds is 4. The van der Waals surface area contributed by atoms with Crippen molar-refractivity contribution in [1.29, 1.82) is 0 Å². The minimum absolute atomic E-state index is 0.110. The summed E-state index contributed by atoms with van der Waals surface area (Å²) in [6.45, 7) is 6.28. The lowest BCUT2D eigenvalue weighted by atomic mass is 9.46. The Labute approximate surface area is 179 Å². The number of aliphatic hydroxyl groups is 1. The van der Waals surface area contributed by atoms with E-state index in [0.717, 1.165) is 38.5 Å². The Morgan fingerprint density at radius 1 is 1.17 bits per heavy atom. The van der Waals surface area contributed by atoms with Crippen molar-refractivity contribution in [1.82, 2.24) is 0 Å². The zero-order valence-electron chi connectivity index (χ0n) is 18.0. The Morgan fingerprint density at radius 2 is 1.90 bits per heavy atom. The highest BCUT2D eigenvalue weighted by molar-refractivity contribution is 7.80. The van der Waals surface area contributed by atoms with Gasteiger partial charge in [0.15, 0.2) is 17.4 Å². The number of hydrogen-bond acceptors (Lipinski definition) is 5. The van der Waals surface area contributed by atoms with Gasteiger partial charge in [0.25, 0.3) is 0 Å². The van der Waals surface area contributed by atoms with Crippen LogP contribution in [-0.4, -0.2) is 33.9 Å². The Hall–Kier alpha value is -1.07. The molecule has 3 saturated carbocycles. The van der Waals surface area contributed by atoms with E-state index in [1.807, 2.05) is 13.0 Å². The van der Waals surface area contributed by atoms with Gasteiger partial charge in [0.2, 0.25) is 5.78 Å². The Morgan fingerprint density at radius 3 is 2.62 bits per heavy atom. The third-order valence-corrected chi connectivity index (χ3v) is 9.63. The van der Waals surface area contributed by atoms with Crippen molar-refractivity contribution in [2.24, 2.45) is 28.6 Å². The summed E-state index contributed by atoms with van der Waals surface area (Å²) in [7, 11) is 0. The molecule has 4 nitrogen and oxygen atoms in total. The first-order valence-electron chi connectivity index (χ1n) is 11.3. The van der Waals surface area contributed by atoms with E-state index in [-0.39, 0.29) is 23.6 Å². The van der Waals surface area contributed by atoms with E-state index in [4.69, 9.17) is 17.0 Å².